The number of carboxylic acid groups (broad SMARTS) is 1. The van der Waals surface area contributed by atoms with Crippen molar-refractivity contribution in [2.45, 2.75) is 49.5 Å². The number of carbonyl (C=O) groups is 3. The van der Waals surface area contributed by atoms with E-state index in [9.17, 15) is 24.6 Å². The topological polar surface area (TPSA) is 107 Å². The Hall–Kier alpha value is -4.01. The van der Waals surface area contributed by atoms with Crippen LogP contribution >= 0.6 is 0 Å². The van der Waals surface area contributed by atoms with E-state index in [1.165, 1.54) is 4.90 Å². The lowest BCUT2D eigenvalue weighted by Crippen LogP contribution is -2.59. The maximum atomic E-state index is 14.8. The molecule has 3 aromatic carbocycles. The lowest BCUT2D eigenvalue weighted by molar-refractivity contribution is -0.155. The Bertz CT molecular complexity index is 1520. The van der Waals surface area contributed by atoms with Gasteiger partial charge < -0.3 is 24.7 Å². The van der Waals surface area contributed by atoms with Crippen LogP contribution in [0.1, 0.15) is 25.3 Å². The Kier molecular flexibility index (Phi) is 6.71. The fourth-order valence-electron chi connectivity index (χ4n) is 7.49. The number of carbonyl (C=O) groups excluding carboxylic acids is 2. The van der Waals surface area contributed by atoms with Crippen molar-refractivity contribution in [1.82, 2.24) is 4.90 Å². The van der Waals surface area contributed by atoms with Gasteiger partial charge in [0.1, 0.15) is 11.6 Å². The molecule has 8 nitrogen and oxygen atoms in total. The third kappa shape index (κ3) is 4.16. The first-order chi connectivity index (χ1) is 19.7. The number of likely N-dealkylation sites (tertiary alicyclic amines) is 1. The monoisotopic (exact) mass is 554 g/mol. The minimum Gasteiger partial charge on any atom is -0.481 e. The second-order valence-electron chi connectivity index (χ2n) is 11.6. The van der Waals surface area contributed by atoms with E-state index in [4.69, 9.17) is 4.74 Å². The van der Waals surface area contributed by atoms with Crippen molar-refractivity contribution >= 4 is 34.2 Å². The van der Waals surface area contributed by atoms with Crippen molar-refractivity contribution in [2.24, 2.45) is 11.8 Å². The van der Waals surface area contributed by atoms with Gasteiger partial charge >= 0.3 is 5.97 Å². The van der Waals surface area contributed by atoms with Crippen LogP contribution < -0.4 is 4.90 Å². The molecule has 3 saturated heterocycles. The van der Waals surface area contributed by atoms with E-state index in [-0.39, 0.29) is 19.1 Å². The molecular weight excluding hydrogens is 520 g/mol. The number of rotatable bonds is 9. The number of hydrogen-bond acceptors (Lipinski definition) is 5. The van der Waals surface area contributed by atoms with Crippen molar-refractivity contribution in [3.05, 3.63) is 91.0 Å². The molecule has 2 amide bonds. The van der Waals surface area contributed by atoms with E-state index in [2.05, 4.69) is 6.58 Å². The normalized spacial score (nSPS) is 29.0. The molecule has 0 radical (unpaired) electrons. The van der Waals surface area contributed by atoms with Gasteiger partial charge in [0.05, 0.1) is 30.1 Å². The molecule has 8 heteroatoms. The Morgan fingerprint density at radius 3 is 2.49 bits per heavy atom. The van der Waals surface area contributed by atoms with Crippen LogP contribution in [-0.4, -0.2) is 69.3 Å². The van der Waals surface area contributed by atoms with E-state index < -0.39 is 47.0 Å². The Balaban J connectivity index is 1.47. The van der Waals surface area contributed by atoms with Gasteiger partial charge in [0.15, 0.2) is 0 Å². The van der Waals surface area contributed by atoms with Crippen LogP contribution in [0.4, 0.5) is 5.69 Å². The van der Waals surface area contributed by atoms with Crippen LogP contribution in [0.2, 0.25) is 0 Å². The Morgan fingerprint density at radius 2 is 1.80 bits per heavy atom. The van der Waals surface area contributed by atoms with Crippen molar-refractivity contribution in [1.29, 1.82) is 0 Å². The summed E-state index contributed by atoms with van der Waals surface area (Å²) >= 11 is 0. The summed E-state index contributed by atoms with van der Waals surface area (Å²) in [6, 6.07) is 21.2. The molecule has 41 heavy (non-hydrogen) atoms. The average molecular weight is 555 g/mol. The van der Waals surface area contributed by atoms with E-state index in [0.717, 1.165) is 16.3 Å². The van der Waals surface area contributed by atoms with Gasteiger partial charge in [0.25, 0.3) is 5.91 Å². The molecule has 6 atom stereocenters. The standard InChI is InChI=1S/C33H34N2O6/c1-3-17-34(24-14-13-22-11-7-8-12-23(22)19-24)30(38)28-33-16-15-32(2,41-33)27(31(39)40)26(33)29(37)35(28)25(20-36)18-21-9-5-4-6-10-21/h3-14,19,25-28,36H,1,15-18,20H2,2H3,(H,39,40)/t25-,26+,27+,28?,32-,33?/m1/s1. The van der Waals surface area contributed by atoms with Crippen LogP contribution in [-0.2, 0) is 25.5 Å². The molecule has 3 heterocycles. The van der Waals surface area contributed by atoms with E-state index in [0.29, 0.717) is 24.9 Å². The van der Waals surface area contributed by atoms with Crippen molar-refractivity contribution in [2.75, 3.05) is 18.1 Å². The largest absolute Gasteiger partial charge is 0.481 e. The van der Waals surface area contributed by atoms with Gasteiger partial charge in [-0.2, -0.15) is 0 Å². The molecule has 2 N–H and O–H groups in total. The summed E-state index contributed by atoms with van der Waals surface area (Å²) in [5.41, 5.74) is -0.841. The molecule has 3 fully saturated rings. The highest BCUT2D eigenvalue weighted by molar-refractivity contribution is 6.05. The zero-order valence-corrected chi connectivity index (χ0v) is 23.0. The predicted molar refractivity (Wildman–Crippen MR) is 154 cm³/mol. The number of hydrogen-bond donors (Lipinski definition) is 2. The first-order valence-corrected chi connectivity index (χ1v) is 14.0. The second-order valence-corrected chi connectivity index (χ2v) is 11.6. The lowest BCUT2D eigenvalue weighted by Gasteiger charge is -2.39. The Labute approximate surface area is 238 Å². The number of aliphatic carboxylic acids is 1. The van der Waals surface area contributed by atoms with Gasteiger partial charge in [-0.15, -0.1) is 6.58 Å². The number of aliphatic hydroxyl groups excluding tert-OH is 1. The van der Waals surface area contributed by atoms with Crippen LogP contribution in [0, 0.1) is 11.8 Å². The first-order valence-electron chi connectivity index (χ1n) is 14.0. The average Bonchev–Trinajstić information content (AvgIpc) is 3.55. The molecule has 0 saturated carbocycles. The first kappa shape index (κ1) is 27.2. The Morgan fingerprint density at radius 1 is 1.10 bits per heavy atom. The van der Waals surface area contributed by atoms with Crippen molar-refractivity contribution in [3.63, 3.8) is 0 Å². The third-order valence-electron chi connectivity index (χ3n) is 9.26. The number of benzene rings is 3. The number of fused-ring (bicyclic) bond motifs is 2. The minimum atomic E-state index is -1.31. The van der Waals surface area contributed by atoms with Crippen LogP contribution in [0.25, 0.3) is 10.8 Å². The molecule has 0 aromatic heterocycles. The molecular formula is C33H34N2O6. The van der Waals surface area contributed by atoms with Crippen molar-refractivity contribution in [3.8, 4) is 0 Å². The lowest BCUT2D eigenvalue weighted by atomic mass is 9.66. The predicted octanol–water partition coefficient (Wildman–Crippen LogP) is 3.81. The molecule has 6 rings (SSSR count). The fourth-order valence-corrected chi connectivity index (χ4v) is 7.49. The van der Waals surface area contributed by atoms with E-state index >= 15 is 0 Å². The molecule has 3 aromatic rings. The smallest absolute Gasteiger partial charge is 0.310 e. The summed E-state index contributed by atoms with van der Waals surface area (Å²) in [5, 5.41) is 22.9. The molecule has 1 spiro atoms. The maximum absolute atomic E-state index is 14.8. The van der Waals surface area contributed by atoms with Gasteiger partial charge in [-0.25, -0.2) is 0 Å². The highest BCUT2D eigenvalue weighted by atomic mass is 16.5. The fraction of sp³-hybridized carbons (Fsp3) is 0.364. The van der Waals surface area contributed by atoms with Gasteiger partial charge in [-0.1, -0.05) is 66.7 Å². The summed E-state index contributed by atoms with van der Waals surface area (Å²) in [4.78, 5) is 44.7. The molecule has 0 aliphatic carbocycles. The van der Waals surface area contributed by atoms with Crippen LogP contribution in [0.5, 0.6) is 0 Å². The van der Waals surface area contributed by atoms with Gasteiger partial charge in [0, 0.05) is 12.2 Å². The van der Waals surface area contributed by atoms with Crippen LogP contribution in [0.15, 0.2) is 85.5 Å². The summed E-state index contributed by atoms with van der Waals surface area (Å²) in [6.45, 7) is 5.40. The zero-order chi connectivity index (χ0) is 28.9. The number of nitrogens with zero attached hydrogens (tertiary/aromatic N) is 2. The summed E-state index contributed by atoms with van der Waals surface area (Å²) in [6.07, 6.45) is 2.73. The molecule has 2 bridgehead atoms. The van der Waals surface area contributed by atoms with E-state index in [1.54, 1.807) is 17.9 Å². The van der Waals surface area contributed by atoms with Gasteiger partial charge in [-0.05, 0) is 54.7 Å². The number of amides is 2. The summed E-state index contributed by atoms with van der Waals surface area (Å²) < 4.78 is 6.56. The van der Waals surface area contributed by atoms with E-state index in [1.807, 2.05) is 72.8 Å². The summed E-state index contributed by atoms with van der Waals surface area (Å²) in [5.74, 6) is -4.06. The number of carboxylic acids is 1. The SMILES string of the molecule is C=CCN(C(=O)C1N([C@@H](CO)Cc2ccccc2)C(=O)[C@@H]2[C@@H](C(=O)O)[C@@]3(C)CCC12O3)c1ccc2ccccc2c1. The second kappa shape index (κ2) is 10.1. The highest BCUT2D eigenvalue weighted by Gasteiger charge is 2.78. The molecule has 3 aliphatic rings. The molecule has 2 unspecified atom stereocenters. The number of anilines is 1. The molecule has 3 aliphatic heterocycles. The quantitative estimate of drug-likeness (QED) is 0.390. The highest BCUT2D eigenvalue weighted by Crippen LogP contribution is 2.63. The third-order valence-corrected chi connectivity index (χ3v) is 9.26. The van der Waals surface area contributed by atoms with Crippen molar-refractivity contribution < 1.29 is 29.3 Å². The zero-order valence-electron chi connectivity index (χ0n) is 23.0. The molecule has 212 valence electrons. The van der Waals surface area contributed by atoms with Gasteiger partial charge in [-0.3, -0.25) is 14.4 Å². The maximum Gasteiger partial charge on any atom is 0.310 e. The van der Waals surface area contributed by atoms with Crippen LogP contribution in [0.3, 0.4) is 0 Å². The summed E-state index contributed by atoms with van der Waals surface area (Å²) in [7, 11) is 0. The van der Waals surface area contributed by atoms with Gasteiger partial charge in [0.2, 0.25) is 5.91 Å². The minimum absolute atomic E-state index is 0.179. The number of aliphatic hydroxyl groups is 1. The number of ether oxygens (including phenoxy) is 1.